The van der Waals surface area contributed by atoms with Crippen molar-refractivity contribution in [3.05, 3.63) is 18.2 Å². The molecule has 1 amide bonds. The molecule has 0 aromatic heterocycles. The number of carbonyl (C=O) groups excluding carboxylic acids is 2. The van der Waals surface area contributed by atoms with E-state index in [1.807, 2.05) is 6.92 Å². The number of unbranched alkanes of at least 4 members (excludes halogenated alkanes) is 1. The van der Waals surface area contributed by atoms with Gasteiger partial charge in [-0.1, -0.05) is 13.3 Å². The van der Waals surface area contributed by atoms with Gasteiger partial charge in [-0.15, -0.1) is 0 Å². The molecule has 1 N–H and O–H groups in total. The predicted molar refractivity (Wildman–Crippen MR) is 101 cm³/mol. The van der Waals surface area contributed by atoms with Gasteiger partial charge in [-0.3, -0.25) is 9.59 Å². The fourth-order valence-corrected chi connectivity index (χ4v) is 3.03. The standard InChI is InChI=1S/C17H27N3O5S/c1-6-7-8-17(22)25-12-16(21)18-14-11-13(26(23,24)20(4)5)9-10-15(14)19(2)3/h9-11H,6-8,12H2,1-5H3,(H,18,21). The smallest absolute Gasteiger partial charge is 0.306 e. The Morgan fingerprint density at radius 1 is 1.15 bits per heavy atom. The van der Waals surface area contributed by atoms with E-state index in [-0.39, 0.29) is 11.3 Å². The minimum Gasteiger partial charge on any atom is -0.456 e. The molecule has 0 saturated carbocycles. The molecule has 0 bridgehead atoms. The van der Waals surface area contributed by atoms with E-state index in [0.29, 0.717) is 17.8 Å². The molecule has 0 fully saturated rings. The highest BCUT2D eigenvalue weighted by Gasteiger charge is 2.20. The SMILES string of the molecule is CCCCC(=O)OCC(=O)Nc1cc(S(=O)(=O)N(C)C)ccc1N(C)C. The number of hydrogen-bond acceptors (Lipinski definition) is 6. The van der Waals surface area contributed by atoms with Gasteiger partial charge >= 0.3 is 5.97 Å². The molecule has 8 nitrogen and oxygen atoms in total. The summed E-state index contributed by atoms with van der Waals surface area (Å²) in [5, 5.41) is 2.61. The summed E-state index contributed by atoms with van der Waals surface area (Å²) in [6, 6.07) is 4.48. The van der Waals surface area contributed by atoms with Crippen LogP contribution in [0.2, 0.25) is 0 Å². The van der Waals surface area contributed by atoms with Crippen molar-refractivity contribution >= 4 is 33.3 Å². The lowest BCUT2D eigenvalue weighted by molar-refractivity contribution is -0.147. The zero-order chi connectivity index (χ0) is 19.9. The monoisotopic (exact) mass is 385 g/mol. The minimum atomic E-state index is -3.64. The largest absolute Gasteiger partial charge is 0.456 e. The molecule has 146 valence electrons. The number of hydrogen-bond donors (Lipinski definition) is 1. The van der Waals surface area contributed by atoms with Gasteiger partial charge in [0.1, 0.15) is 0 Å². The van der Waals surface area contributed by atoms with Gasteiger partial charge in [0.05, 0.1) is 16.3 Å². The van der Waals surface area contributed by atoms with Crippen LogP contribution in [0.4, 0.5) is 11.4 Å². The Balaban J connectivity index is 2.95. The first-order valence-electron chi connectivity index (χ1n) is 8.29. The summed E-state index contributed by atoms with van der Waals surface area (Å²) in [6.45, 7) is 1.54. The maximum Gasteiger partial charge on any atom is 0.306 e. The quantitative estimate of drug-likeness (QED) is 0.650. The normalized spacial score (nSPS) is 11.3. The molecule has 1 rings (SSSR count). The summed E-state index contributed by atoms with van der Waals surface area (Å²) >= 11 is 0. The van der Waals surface area contributed by atoms with Gasteiger partial charge in [-0.2, -0.15) is 0 Å². The third-order valence-corrected chi connectivity index (χ3v) is 5.41. The molecule has 0 radical (unpaired) electrons. The molecule has 26 heavy (non-hydrogen) atoms. The van der Waals surface area contributed by atoms with Crippen LogP contribution in [0.5, 0.6) is 0 Å². The molecule has 1 aromatic carbocycles. The second-order valence-electron chi connectivity index (χ2n) is 6.17. The van der Waals surface area contributed by atoms with Crippen LogP contribution in [0.1, 0.15) is 26.2 Å². The lowest BCUT2D eigenvalue weighted by Gasteiger charge is -2.20. The highest BCUT2D eigenvalue weighted by molar-refractivity contribution is 7.89. The van der Waals surface area contributed by atoms with E-state index in [4.69, 9.17) is 4.74 Å². The second kappa shape index (κ2) is 9.54. The summed E-state index contributed by atoms with van der Waals surface area (Å²) in [7, 11) is 2.78. The molecule has 1 aromatic rings. The van der Waals surface area contributed by atoms with Gasteiger partial charge in [-0.05, 0) is 24.6 Å². The molecule has 0 heterocycles. The first-order valence-corrected chi connectivity index (χ1v) is 9.73. The average Bonchev–Trinajstić information content (AvgIpc) is 2.57. The van der Waals surface area contributed by atoms with E-state index in [0.717, 1.165) is 10.7 Å². The van der Waals surface area contributed by atoms with Crippen molar-refractivity contribution in [3.8, 4) is 0 Å². The predicted octanol–water partition coefficient (Wildman–Crippen LogP) is 1.67. The van der Waals surface area contributed by atoms with Crippen LogP contribution in [-0.2, 0) is 24.3 Å². The lowest BCUT2D eigenvalue weighted by atomic mass is 10.2. The Bertz CT molecular complexity index is 745. The number of benzene rings is 1. The van der Waals surface area contributed by atoms with Gasteiger partial charge in [0.25, 0.3) is 5.91 Å². The number of esters is 1. The Morgan fingerprint density at radius 3 is 2.35 bits per heavy atom. The van der Waals surface area contributed by atoms with Crippen molar-refractivity contribution in [2.45, 2.75) is 31.1 Å². The fraction of sp³-hybridized carbons (Fsp3) is 0.529. The Kier molecular flexibility index (Phi) is 8.04. The molecule has 0 atom stereocenters. The number of amides is 1. The van der Waals surface area contributed by atoms with E-state index >= 15 is 0 Å². The molecule has 0 saturated heterocycles. The number of ether oxygens (including phenoxy) is 1. The molecule has 0 unspecified atom stereocenters. The minimum absolute atomic E-state index is 0.0586. The topological polar surface area (TPSA) is 96.0 Å². The first-order chi connectivity index (χ1) is 12.1. The van der Waals surface area contributed by atoms with E-state index in [2.05, 4.69) is 5.32 Å². The van der Waals surface area contributed by atoms with Crippen molar-refractivity contribution in [2.75, 3.05) is 45.0 Å². The van der Waals surface area contributed by atoms with Gasteiger partial charge < -0.3 is 15.0 Å². The number of carbonyl (C=O) groups is 2. The maximum atomic E-state index is 12.3. The number of anilines is 2. The number of nitrogens with zero attached hydrogens (tertiary/aromatic N) is 2. The third kappa shape index (κ3) is 5.99. The summed E-state index contributed by atoms with van der Waals surface area (Å²) in [6.07, 6.45) is 1.83. The zero-order valence-electron chi connectivity index (χ0n) is 15.9. The summed E-state index contributed by atoms with van der Waals surface area (Å²) in [4.78, 5) is 25.4. The number of sulfonamides is 1. The van der Waals surface area contributed by atoms with Crippen LogP contribution in [0.15, 0.2) is 23.1 Å². The Hall–Kier alpha value is -2.13. The van der Waals surface area contributed by atoms with Crippen LogP contribution in [0, 0.1) is 0 Å². The van der Waals surface area contributed by atoms with Crippen molar-refractivity contribution < 1.29 is 22.7 Å². The molecule has 0 aliphatic carbocycles. The van der Waals surface area contributed by atoms with E-state index in [1.165, 1.54) is 26.2 Å². The second-order valence-corrected chi connectivity index (χ2v) is 8.33. The van der Waals surface area contributed by atoms with Crippen LogP contribution in [0.3, 0.4) is 0 Å². The average molecular weight is 385 g/mol. The maximum absolute atomic E-state index is 12.3. The highest BCUT2D eigenvalue weighted by Crippen LogP contribution is 2.28. The molecule has 9 heteroatoms. The van der Waals surface area contributed by atoms with Gasteiger partial charge in [0.15, 0.2) is 6.61 Å². The molecule has 0 aliphatic heterocycles. The third-order valence-electron chi connectivity index (χ3n) is 3.60. The summed E-state index contributed by atoms with van der Waals surface area (Å²) in [5.41, 5.74) is 0.959. The van der Waals surface area contributed by atoms with Gasteiger partial charge in [-0.25, -0.2) is 12.7 Å². The first kappa shape index (κ1) is 21.9. The fourth-order valence-electron chi connectivity index (χ4n) is 2.10. The van der Waals surface area contributed by atoms with Crippen molar-refractivity contribution in [1.82, 2.24) is 4.31 Å². The van der Waals surface area contributed by atoms with Crippen LogP contribution in [-0.4, -0.2) is 59.4 Å². The van der Waals surface area contributed by atoms with Gasteiger partial charge in [0, 0.05) is 34.6 Å². The van der Waals surface area contributed by atoms with Gasteiger partial charge in [0.2, 0.25) is 10.0 Å². The summed E-state index contributed by atoms with van der Waals surface area (Å²) < 4.78 is 30.6. The molecule has 0 spiro atoms. The van der Waals surface area contributed by atoms with E-state index < -0.39 is 28.5 Å². The van der Waals surface area contributed by atoms with E-state index in [9.17, 15) is 18.0 Å². The number of nitrogens with one attached hydrogen (secondary N) is 1. The van der Waals surface area contributed by atoms with Crippen LogP contribution < -0.4 is 10.2 Å². The number of rotatable bonds is 9. The van der Waals surface area contributed by atoms with Crippen molar-refractivity contribution in [3.63, 3.8) is 0 Å². The zero-order valence-corrected chi connectivity index (χ0v) is 16.7. The Labute approximate surface area is 155 Å². The molecular weight excluding hydrogens is 358 g/mol. The van der Waals surface area contributed by atoms with Crippen LogP contribution >= 0.6 is 0 Å². The molecular formula is C17H27N3O5S. The molecule has 0 aliphatic rings. The van der Waals surface area contributed by atoms with Crippen molar-refractivity contribution in [2.24, 2.45) is 0 Å². The highest BCUT2D eigenvalue weighted by atomic mass is 32.2. The van der Waals surface area contributed by atoms with E-state index in [1.54, 1.807) is 25.1 Å². The Morgan fingerprint density at radius 2 is 1.81 bits per heavy atom. The lowest BCUT2D eigenvalue weighted by Crippen LogP contribution is -2.24. The van der Waals surface area contributed by atoms with Crippen molar-refractivity contribution in [1.29, 1.82) is 0 Å². The van der Waals surface area contributed by atoms with Crippen LogP contribution in [0.25, 0.3) is 0 Å². The summed E-state index contributed by atoms with van der Waals surface area (Å²) in [5.74, 6) is -0.962.